The Balaban J connectivity index is 0.00000729. The first kappa shape index (κ1) is 26.7. The van der Waals surface area contributed by atoms with Crippen molar-refractivity contribution >= 4 is 18.4 Å². The predicted molar refractivity (Wildman–Crippen MR) is 118 cm³/mol. The summed E-state index contributed by atoms with van der Waals surface area (Å²) in [5.74, 6) is 1.44. The molecule has 162 valence electrons. The second kappa shape index (κ2) is 15.6. The molecule has 1 unspecified atom stereocenters. The van der Waals surface area contributed by atoms with Gasteiger partial charge in [-0.3, -0.25) is 9.69 Å². The normalized spacial score (nSPS) is 12.0. The smallest absolute Gasteiger partial charge is 0.306 e. The van der Waals surface area contributed by atoms with E-state index < -0.39 is 0 Å². The van der Waals surface area contributed by atoms with E-state index in [2.05, 4.69) is 44.7 Å². The zero-order valence-corrected chi connectivity index (χ0v) is 18.8. The van der Waals surface area contributed by atoms with Gasteiger partial charge in [-0.15, -0.1) is 12.4 Å². The van der Waals surface area contributed by atoms with Crippen LogP contribution in [-0.2, 0) is 16.1 Å². The molecule has 0 radical (unpaired) electrons. The van der Waals surface area contributed by atoms with E-state index in [4.69, 9.17) is 15.2 Å². The molecule has 0 aliphatic carbocycles. The van der Waals surface area contributed by atoms with Gasteiger partial charge in [0.25, 0.3) is 0 Å². The summed E-state index contributed by atoms with van der Waals surface area (Å²) in [6.45, 7) is 13.1. The zero-order chi connectivity index (χ0) is 20.1. The van der Waals surface area contributed by atoms with Crippen LogP contribution in [0, 0.1) is 11.8 Å². The van der Waals surface area contributed by atoms with E-state index >= 15 is 0 Å². The highest BCUT2D eigenvalue weighted by atomic mass is 35.5. The monoisotopic (exact) mass is 414 g/mol. The molecule has 0 aromatic heterocycles. The number of carbonyl (C=O) groups is 1. The van der Waals surface area contributed by atoms with E-state index in [1.54, 1.807) is 0 Å². The molecule has 1 aromatic carbocycles. The lowest BCUT2D eigenvalue weighted by atomic mass is 9.94. The largest absolute Gasteiger partial charge is 0.493 e. The molecule has 0 spiro atoms. The summed E-state index contributed by atoms with van der Waals surface area (Å²) in [6, 6.07) is 8.22. The van der Waals surface area contributed by atoms with Crippen LogP contribution in [0.2, 0.25) is 0 Å². The zero-order valence-electron chi connectivity index (χ0n) is 18.0. The number of hydrogen-bond acceptors (Lipinski definition) is 5. The van der Waals surface area contributed by atoms with Crippen LogP contribution in [-0.4, -0.2) is 43.7 Å². The van der Waals surface area contributed by atoms with E-state index in [0.29, 0.717) is 38.5 Å². The van der Waals surface area contributed by atoms with Crippen LogP contribution in [0.15, 0.2) is 24.3 Å². The van der Waals surface area contributed by atoms with Crippen molar-refractivity contribution in [1.29, 1.82) is 0 Å². The SMILES string of the molecule is CCN(CC)Cc1ccc(OCCCOC(=O)CC(CN)CC(C)C)cc1.Cl. The third-order valence-electron chi connectivity index (χ3n) is 4.64. The van der Waals surface area contributed by atoms with Crippen LogP contribution >= 0.6 is 12.4 Å². The van der Waals surface area contributed by atoms with Gasteiger partial charge >= 0.3 is 5.97 Å². The van der Waals surface area contributed by atoms with Gasteiger partial charge in [-0.25, -0.2) is 0 Å². The van der Waals surface area contributed by atoms with E-state index in [-0.39, 0.29) is 24.3 Å². The Bertz CT molecular complexity index is 519. The van der Waals surface area contributed by atoms with E-state index in [1.165, 1.54) is 5.56 Å². The van der Waals surface area contributed by atoms with Crippen LogP contribution in [0.5, 0.6) is 5.75 Å². The average molecular weight is 415 g/mol. The highest BCUT2D eigenvalue weighted by Gasteiger charge is 2.14. The molecule has 6 heteroatoms. The quantitative estimate of drug-likeness (QED) is 0.363. The fraction of sp³-hybridized carbons (Fsp3) is 0.682. The third-order valence-corrected chi connectivity index (χ3v) is 4.64. The maximum Gasteiger partial charge on any atom is 0.306 e. The second-order valence-electron chi connectivity index (χ2n) is 7.46. The summed E-state index contributed by atoms with van der Waals surface area (Å²) in [4.78, 5) is 14.3. The Hall–Kier alpha value is -1.30. The Kier molecular flexibility index (Phi) is 14.9. The number of halogens is 1. The Morgan fingerprint density at radius 1 is 1.11 bits per heavy atom. The summed E-state index contributed by atoms with van der Waals surface area (Å²) < 4.78 is 11.0. The van der Waals surface area contributed by atoms with Gasteiger partial charge in [-0.1, -0.05) is 39.8 Å². The maximum absolute atomic E-state index is 11.9. The molecule has 1 atom stereocenters. The van der Waals surface area contributed by atoms with E-state index in [1.807, 2.05) is 12.1 Å². The molecule has 0 bridgehead atoms. The topological polar surface area (TPSA) is 64.8 Å². The molecule has 0 saturated carbocycles. The van der Waals surface area contributed by atoms with Gasteiger partial charge in [0.15, 0.2) is 0 Å². The summed E-state index contributed by atoms with van der Waals surface area (Å²) in [5, 5.41) is 0. The number of hydrogen-bond donors (Lipinski definition) is 1. The number of ether oxygens (including phenoxy) is 2. The molecule has 5 nitrogen and oxygen atoms in total. The van der Waals surface area contributed by atoms with Crippen molar-refractivity contribution in [2.24, 2.45) is 17.6 Å². The lowest BCUT2D eigenvalue weighted by Gasteiger charge is -2.18. The van der Waals surface area contributed by atoms with Crippen LogP contribution in [0.4, 0.5) is 0 Å². The van der Waals surface area contributed by atoms with E-state index in [0.717, 1.165) is 31.8 Å². The number of rotatable bonds is 14. The predicted octanol–water partition coefficient (Wildman–Crippen LogP) is 4.27. The first-order chi connectivity index (χ1) is 13.0. The molecule has 0 aliphatic heterocycles. The van der Waals surface area contributed by atoms with Crippen molar-refractivity contribution < 1.29 is 14.3 Å². The summed E-state index contributed by atoms with van der Waals surface area (Å²) >= 11 is 0. The molecular formula is C22H39ClN2O3. The summed E-state index contributed by atoms with van der Waals surface area (Å²) in [7, 11) is 0. The first-order valence-corrected chi connectivity index (χ1v) is 10.3. The van der Waals surface area contributed by atoms with Gasteiger partial charge < -0.3 is 15.2 Å². The molecule has 1 aromatic rings. The Labute approximate surface area is 177 Å². The van der Waals surface area contributed by atoms with Crippen LogP contribution in [0.25, 0.3) is 0 Å². The molecule has 0 fully saturated rings. The molecular weight excluding hydrogens is 376 g/mol. The minimum Gasteiger partial charge on any atom is -0.493 e. The highest BCUT2D eigenvalue weighted by molar-refractivity contribution is 5.85. The molecule has 1 rings (SSSR count). The van der Waals surface area contributed by atoms with Crippen molar-refractivity contribution in [2.75, 3.05) is 32.8 Å². The van der Waals surface area contributed by atoms with Crippen molar-refractivity contribution in [1.82, 2.24) is 4.90 Å². The van der Waals surface area contributed by atoms with Crippen molar-refractivity contribution in [2.45, 2.75) is 53.5 Å². The molecule has 28 heavy (non-hydrogen) atoms. The third kappa shape index (κ3) is 11.5. The highest BCUT2D eigenvalue weighted by Crippen LogP contribution is 2.16. The fourth-order valence-electron chi connectivity index (χ4n) is 3.06. The molecule has 0 amide bonds. The average Bonchev–Trinajstić information content (AvgIpc) is 2.66. The van der Waals surface area contributed by atoms with E-state index in [9.17, 15) is 4.79 Å². The lowest BCUT2D eigenvalue weighted by Crippen LogP contribution is -2.22. The molecule has 0 saturated heterocycles. The van der Waals surface area contributed by atoms with Crippen LogP contribution in [0.1, 0.15) is 52.5 Å². The van der Waals surface area contributed by atoms with Crippen molar-refractivity contribution in [3.05, 3.63) is 29.8 Å². The van der Waals surface area contributed by atoms with Gasteiger partial charge in [-0.05, 0) is 55.6 Å². The number of benzene rings is 1. The Morgan fingerprint density at radius 2 is 1.75 bits per heavy atom. The van der Waals surface area contributed by atoms with Gasteiger partial charge in [-0.2, -0.15) is 0 Å². The lowest BCUT2D eigenvalue weighted by molar-refractivity contribution is -0.145. The van der Waals surface area contributed by atoms with Gasteiger partial charge in [0.05, 0.1) is 13.2 Å². The Morgan fingerprint density at radius 3 is 2.29 bits per heavy atom. The van der Waals surface area contributed by atoms with Crippen molar-refractivity contribution in [3.8, 4) is 5.75 Å². The molecule has 0 aliphatic rings. The second-order valence-corrected chi connectivity index (χ2v) is 7.46. The van der Waals surface area contributed by atoms with Crippen LogP contribution in [0.3, 0.4) is 0 Å². The number of carbonyl (C=O) groups excluding carboxylic acids is 1. The number of nitrogens with zero attached hydrogens (tertiary/aromatic N) is 1. The van der Waals surface area contributed by atoms with Crippen molar-refractivity contribution in [3.63, 3.8) is 0 Å². The standard InChI is InChI=1S/C22H38N2O3.ClH/c1-5-24(6-2)17-19-8-10-21(11-9-19)26-12-7-13-27-22(25)15-20(16-23)14-18(3)4;/h8-11,18,20H,5-7,12-17,23H2,1-4H3;1H. The minimum absolute atomic E-state index is 0. The number of esters is 1. The first-order valence-electron chi connectivity index (χ1n) is 10.3. The molecule has 2 N–H and O–H groups in total. The van der Waals surface area contributed by atoms with Gasteiger partial charge in [0.1, 0.15) is 5.75 Å². The fourth-order valence-corrected chi connectivity index (χ4v) is 3.06. The van der Waals surface area contributed by atoms with Crippen LogP contribution < -0.4 is 10.5 Å². The minimum atomic E-state index is -0.160. The summed E-state index contributed by atoms with van der Waals surface area (Å²) in [6.07, 6.45) is 2.05. The van der Waals surface area contributed by atoms with Gasteiger partial charge in [0.2, 0.25) is 0 Å². The molecule has 0 heterocycles. The number of nitrogens with two attached hydrogens (primary N) is 1. The van der Waals surface area contributed by atoms with Gasteiger partial charge in [0, 0.05) is 19.4 Å². The summed E-state index contributed by atoms with van der Waals surface area (Å²) in [5.41, 5.74) is 7.02. The maximum atomic E-state index is 11.9.